The predicted octanol–water partition coefficient (Wildman–Crippen LogP) is 5.20. The third kappa shape index (κ3) is 4.93. The molecule has 0 aliphatic rings. The average Bonchev–Trinajstić information content (AvgIpc) is 2.84. The van der Waals surface area contributed by atoms with Crippen molar-refractivity contribution in [3.63, 3.8) is 0 Å². The predicted molar refractivity (Wildman–Crippen MR) is 136 cm³/mol. The Morgan fingerprint density at radius 3 is 2.53 bits per heavy atom. The molecule has 0 radical (unpaired) electrons. The van der Waals surface area contributed by atoms with E-state index in [4.69, 9.17) is 11.6 Å². The molecule has 0 spiro atoms. The summed E-state index contributed by atoms with van der Waals surface area (Å²) in [4.78, 5) is 13.0. The number of nitrogens with one attached hydrogen (secondary N) is 1. The standard InChI is InChI=1S/C25H21ClF2N5O2P/c1-13-22(26)25(32-20(12-34)16-8-14(10-29)4-6-17(16)27)24-19(31-13)9-18(28)23(33-24)15-5-7-21(30-11-15)36(2,3)35/h4-9,11,20,34H,12H2,1-3H3,(H,31,32). The van der Waals surface area contributed by atoms with Gasteiger partial charge in [0.2, 0.25) is 0 Å². The number of rotatable bonds is 6. The summed E-state index contributed by atoms with van der Waals surface area (Å²) in [5.74, 6) is -1.28. The summed E-state index contributed by atoms with van der Waals surface area (Å²) in [5.41, 5.74) is 1.97. The lowest BCUT2D eigenvalue weighted by molar-refractivity contribution is 0.274. The van der Waals surface area contributed by atoms with Gasteiger partial charge in [0, 0.05) is 23.4 Å². The van der Waals surface area contributed by atoms with Gasteiger partial charge in [-0.25, -0.2) is 18.7 Å². The first-order valence-electron chi connectivity index (χ1n) is 10.8. The molecule has 0 bridgehead atoms. The van der Waals surface area contributed by atoms with Crippen LogP contribution in [0.2, 0.25) is 5.02 Å². The number of benzene rings is 1. The Morgan fingerprint density at radius 1 is 1.17 bits per heavy atom. The molecular weight excluding hydrogens is 507 g/mol. The SMILES string of the molecule is Cc1nc2cc(F)c(-c3ccc(P(C)(C)=O)nc3)nc2c(NC(CO)c2cc(C#N)ccc2F)c1Cl. The zero-order valence-corrected chi connectivity index (χ0v) is 21.2. The molecule has 2 N–H and O–H groups in total. The maximum absolute atomic E-state index is 15.1. The number of fused-ring (bicyclic) bond motifs is 1. The maximum Gasteiger partial charge on any atom is 0.151 e. The van der Waals surface area contributed by atoms with Crippen LogP contribution in [0.1, 0.15) is 22.9 Å². The number of nitrogens with zero attached hydrogens (tertiary/aromatic N) is 4. The largest absolute Gasteiger partial charge is 0.394 e. The van der Waals surface area contributed by atoms with E-state index in [-0.39, 0.29) is 38.6 Å². The topological polar surface area (TPSA) is 112 Å². The molecule has 4 aromatic rings. The molecule has 1 atom stereocenters. The van der Waals surface area contributed by atoms with Gasteiger partial charge < -0.3 is 15.0 Å². The Balaban J connectivity index is 1.86. The van der Waals surface area contributed by atoms with Gasteiger partial charge >= 0.3 is 0 Å². The highest BCUT2D eigenvalue weighted by Gasteiger charge is 2.22. The van der Waals surface area contributed by atoms with Crippen LogP contribution in [0.4, 0.5) is 14.5 Å². The van der Waals surface area contributed by atoms with Crippen molar-refractivity contribution < 1.29 is 18.5 Å². The van der Waals surface area contributed by atoms with Gasteiger partial charge in [0.05, 0.1) is 51.6 Å². The van der Waals surface area contributed by atoms with Gasteiger partial charge in [-0.3, -0.25) is 4.98 Å². The van der Waals surface area contributed by atoms with E-state index in [9.17, 15) is 19.3 Å². The lowest BCUT2D eigenvalue weighted by Gasteiger charge is -2.21. The van der Waals surface area contributed by atoms with Crippen LogP contribution in [-0.4, -0.2) is 40.0 Å². The van der Waals surface area contributed by atoms with E-state index < -0.39 is 31.4 Å². The van der Waals surface area contributed by atoms with Gasteiger partial charge in [-0.2, -0.15) is 5.26 Å². The van der Waals surface area contributed by atoms with Gasteiger partial charge in [0.25, 0.3) is 0 Å². The summed E-state index contributed by atoms with van der Waals surface area (Å²) in [7, 11) is -2.60. The van der Waals surface area contributed by atoms with Gasteiger partial charge in [0.1, 0.15) is 24.2 Å². The van der Waals surface area contributed by atoms with Crippen molar-refractivity contribution in [2.24, 2.45) is 0 Å². The van der Waals surface area contributed by atoms with Crippen LogP contribution in [0.25, 0.3) is 22.3 Å². The molecule has 7 nitrogen and oxygen atoms in total. The second kappa shape index (κ2) is 9.90. The molecule has 184 valence electrons. The number of hydrogen-bond acceptors (Lipinski definition) is 7. The molecule has 3 heterocycles. The molecule has 36 heavy (non-hydrogen) atoms. The highest BCUT2D eigenvalue weighted by molar-refractivity contribution is 7.69. The molecule has 0 saturated carbocycles. The minimum absolute atomic E-state index is 0.0356. The molecule has 0 amide bonds. The Morgan fingerprint density at radius 2 is 1.92 bits per heavy atom. The Hall–Kier alpha value is -3.44. The van der Waals surface area contributed by atoms with Crippen LogP contribution < -0.4 is 10.8 Å². The molecule has 11 heteroatoms. The summed E-state index contributed by atoms with van der Waals surface area (Å²) in [6.45, 7) is 4.27. The molecule has 1 aromatic carbocycles. The molecule has 0 fully saturated rings. The normalized spacial score (nSPS) is 12.4. The fraction of sp³-hybridized carbons (Fsp3) is 0.200. The van der Waals surface area contributed by atoms with Gasteiger partial charge in [-0.1, -0.05) is 11.6 Å². The van der Waals surface area contributed by atoms with E-state index in [1.165, 1.54) is 24.4 Å². The molecule has 0 aliphatic heterocycles. The lowest BCUT2D eigenvalue weighted by atomic mass is 10.0. The molecular formula is C25H21ClF2N5O2P. The number of pyridine rings is 3. The van der Waals surface area contributed by atoms with Gasteiger partial charge in [-0.15, -0.1) is 0 Å². The van der Waals surface area contributed by atoms with Crippen molar-refractivity contribution >= 4 is 40.9 Å². The minimum atomic E-state index is -2.60. The van der Waals surface area contributed by atoms with E-state index in [1.54, 1.807) is 32.4 Å². The summed E-state index contributed by atoms with van der Waals surface area (Å²) in [6, 6.07) is 9.11. The van der Waals surface area contributed by atoms with Crippen molar-refractivity contribution in [2.75, 3.05) is 25.3 Å². The van der Waals surface area contributed by atoms with Crippen LogP contribution in [0.15, 0.2) is 42.6 Å². The maximum atomic E-state index is 15.1. The van der Waals surface area contributed by atoms with Gasteiger partial charge in [0.15, 0.2) is 5.82 Å². The van der Waals surface area contributed by atoms with E-state index in [0.717, 1.165) is 6.07 Å². The monoisotopic (exact) mass is 527 g/mol. The van der Waals surface area contributed by atoms with Gasteiger partial charge in [-0.05, 0) is 50.6 Å². The number of anilines is 1. The first-order valence-corrected chi connectivity index (χ1v) is 13.8. The third-order valence-electron chi connectivity index (χ3n) is 5.59. The summed E-state index contributed by atoms with van der Waals surface area (Å²) in [5, 5.41) is 22.4. The number of aromatic nitrogens is 3. The van der Waals surface area contributed by atoms with Crippen LogP contribution in [0, 0.1) is 29.9 Å². The fourth-order valence-corrected chi connectivity index (χ4v) is 4.67. The quantitative estimate of drug-likeness (QED) is 0.332. The second-order valence-corrected chi connectivity index (χ2v) is 12.1. The summed E-state index contributed by atoms with van der Waals surface area (Å²) >= 11 is 6.54. The van der Waals surface area contributed by atoms with Crippen LogP contribution in [-0.2, 0) is 4.57 Å². The lowest BCUT2D eigenvalue weighted by Crippen LogP contribution is -2.18. The number of aliphatic hydroxyl groups is 1. The van der Waals surface area contributed by atoms with Crippen LogP contribution in [0.3, 0.4) is 0 Å². The van der Waals surface area contributed by atoms with E-state index >= 15 is 4.39 Å². The van der Waals surface area contributed by atoms with Crippen molar-refractivity contribution in [2.45, 2.75) is 13.0 Å². The Kier molecular flexibility index (Phi) is 7.05. The Bertz CT molecular complexity index is 1570. The van der Waals surface area contributed by atoms with Crippen molar-refractivity contribution in [1.82, 2.24) is 15.0 Å². The highest BCUT2D eigenvalue weighted by atomic mass is 35.5. The van der Waals surface area contributed by atoms with E-state index in [2.05, 4.69) is 20.3 Å². The molecule has 0 aliphatic carbocycles. The fourth-order valence-electron chi connectivity index (χ4n) is 3.72. The Labute approximate surface area is 211 Å². The smallest absolute Gasteiger partial charge is 0.151 e. The molecule has 1 unspecified atom stereocenters. The zero-order chi connectivity index (χ0) is 26.2. The summed E-state index contributed by atoms with van der Waals surface area (Å²) < 4.78 is 42.0. The minimum Gasteiger partial charge on any atom is -0.394 e. The number of halogens is 3. The van der Waals surface area contributed by atoms with Crippen molar-refractivity contribution in [1.29, 1.82) is 5.26 Å². The van der Waals surface area contributed by atoms with E-state index in [1.807, 2.05) is 6.07 Å². The average molecular weight is 528 g/mol. The van der Waals surface area contributed by atoms with E-state index in [0.29, 0.717) is 16.7 Å². The van der Waals surface area contributed by atoms with Crippen LogP contribution >= 0.6 is 18.7 Å². The second-order valence-electron chi connectivity index (χ2n) is 8.56. The first kappa shape index (κ1) is 25.6. The van der Waals surface area contributed by atoms with Crippen LogP contribution in [0.5, 0.6) is 0 Å². The highest BCUT2D eigenvalue weighted by Crippen LogP contribution is 2.37. The van der Waals surface area contributed by atoms with Crippen molar-refractivity contribution in [3.8, 4) is 17.3 Å². The molecule has 3 aromatic heterocycles. The zero-order valence-electron chi connectivity index (χ0n) is 19.6. The number of aryl methyl sites for hydroxylation is 1. The first-order chi connectivity index (χ1) is 17.0. The number of aliphatic hydroxyl groups excluding tert-OH is 1. The third-order valence-corrected chi connectivity index (χ3v) is 7.42. The van der Waals surface area contributed by atoms with Crippen molar-refractivity contribution in [3.05, 3.63) is 76.1 Å². The molecule has 0 saturated heterocycles. The number of nitriles is 1. The summed E-state index contributed by atoms with van der Waals surface area (Å²) in [6.07, 6.45) is 1.39. The molecule has 4 rings (SSSR count). The number of hydrogen-bond donors (Lipinski definition) is 2.